The van der Waals surface area contributed by atoms with E-state index in [9.17, 15) is 30.0 Å². The topological polar surface area (TPSA) is 158 Å². The molecule has 0 unspecified atom stereocenters. The molecule has 0 radical (unpaired) electrons. The summed E-state index contributed by atoms with van der Waals surface area (Å²) in [6.45, 7) is -0.135. The van der Waals surface area contributed by atoms with Crippen LogP contribution < -0.4 is 20.1 Å². The largest absolute Gasteiger partial charge is 0.504 e. The molecule has 158 valence electrons. The average molecular weight is 434 g/mol. The van der Waals surface area contributed by atoms with Gasteiger partial charge in [0.15, 0.2) is 11.5 Å². The summed E-state index contributed by atoms with van der Waals surface area (Å²) in [6.07, 6.45) is -4.63. The first-order chi connectivity index (χ1) is 14.4. The third-order valence-corrected chi connectivity index (χ3v) is 6.67. The Morgan fingerprint density at radius 1 is 1.20 bits per heavy atom. The third kappa shape index (κ3) is 2.67. The van der Waals surface area contributed by atoms with Crippen LogP contribution in [0.3, 0.4) is 0 Å². The van der Waals surface area contributed by atoms with Crippen molar-refractivity contribution in [2.45, 2.75) is 36.3 Å². The molecule has 11 heteroatoms. The molecule has 1 aliphatic carbocycles. The summed E-state index contributed by atoms with van der Waals surface area (Å²) in [4.78, 5) is 25.8. The van der Waals surface area contributed by atoms with E-state index in [0.29, 0.717) is 4.88 Å². The highest BCUT2D eigenvalue weighted by Gasteiger charge is 2.54. The lowest BCUT2D eigenvalue weighted by Gasteiger charge is -2.49. The van der Waals surface area contributed by atoms with Crippen molar-refractivity contribution in [2.24, 2.45) is 0 Å². The highest BCUT2D eigenvalue weighted by molar-refractivity contribution is 7.12. The Hall–Kier alpha value is -2.86. The van der Waals surface area contributed by atoms with E-state index in [2.05, 4.69) is 10.6 Å². The maximum Gasteiger partial charge on any atom is 0.261 e. The SMILES string of the molecule is O=C(N[C@H]1[C@H](O)[C@@H](O)[C@@H](O)[C@@H]2NC(=O)c3c(cc4c(c3O)OCO4)[C@@H]12)c1cccs1. The van der Waals surface area contributed by atoms with Crippen LogP contribution >= 0.6 is 11.3 Å². The van der Waals surface area contributed by atoms with Crippen molar-refractivity contribution in [2.75, 3.05) is 6.79 Å². The second kappa shape index (κ2) is 6.84. The molecule has 2 amide bonds. The molecule has 0 bridgehead atoms. The van der Waals surface area contributed by atoms with E-state index in [4.69, 9.17) is 9.47 Å². The fourth-order valence-corrected chi connectivity index (χ4v) is 5.04. The molecule has 30 heavy (non-hydrogen) atoms. The van der Waals surface area contributed by atoms with Crippen LogP contribution in [0, 0.1) is 0 Å². The number of phenolic OH excluding ortho intramolecular Hbond substituents is 1. The number of hydrogen-bond donors (Lipinski definition) is 6. The van der Waals surface area contributed by atoms with Gasteiger partial charge in [0.2, 0.25) is 12.5 Å². The van der Waals surface area contributed by atoms with Gasteiger partial charge in [-0.1, -0.05) is 6.07 Å². The number of phenols is 1. The third-order valence-electron chi connectivity index (χ3n) is 5.80. The second-order valence-corrected chi connectivity index (χ2v) is 8.34. The molecule has 1 aromatic carbocycles. The smallest absolute Gasteiger partial charge is 0.261 e. The van der Waals surface area contributed by atoms with Crippen LogP contribution in [0.15, 0.2) is 23.6 Å². The lowest BCUT2D eigenvalue weighted by Crippen LogP contribution is -2.69. The van der Waals surface area contributed by atoms with Crippen LogP contribution in [0.1, 0.15) is 31.5 Å². The molecule has 2 aliphatic heterocycles. The van der Waals surface area contributed by atoms with Gasteiger partial charge < -0.3 is 40.5 Å². The molecule has 1 saturated carbocycles. The zero-order chi connectivity index (χ0) is 21.2. The Labute approximate surface area is 173 Å². The standard InChI is InChI=1S/C19H18N2O8S/c22-13-10-6(4-7-17(13)29-5-28-7)9-11(20-18(26)8-2-1-3-30-8)14(23)16(25)15(24)12(9)21-19(10)27/h1-4,9,11-12,14-16,22-25H,5H2,(H,20,26)(H,21,27)/t9-,11+,12+,14-,15-,16+/m0/s1. The lowest BCUT2D eigenvalue weighted by atomic mass is 9.68. The molecule has 1 aromatic heterocycles. The van der Waals surface area contributed by atoms with E-state index in [1.807, 2.05) is 0 Å². The molecule has 0 saturated heterocycles. The second-order valence-electron chi connectivity index (χ2n) is 7.40. The number of hydrogen-bond acceptors (Lipinski definition) is 9. The molecule has 6 atom stereocenters. The van der Waals surface area contributed by atoms with Crippen molar-refractivity contribution in [3.05, 3.63) is 39.6 Å². The van der Waals surface area contributed by atoms with Crippen LogP contribution in [-0.4, -0.2) is 69.4 Å². The molecule has 1 fully saturated rings. The molecule has 5 rings (SSSR count). The summed E-state index contributed by atoms with van der Waals surface area (Å²) >= 11 is 1.20. The van der Waals surface area contributed by atoms with E-state index >= 15 is 0 Å². The first kappa shape index (κ1) is 19.1. The van der Waals surface area contributed by atoms with Gasteiger partial charge in [0, 0.05) is 5.92 Å². The van der Waals surface area contributed by atoms with E-state index in [-0.39, 0.29) is 29.4 Å². The molecule has 3 aliphatic rings. The Kier molecular flexibility index (Phi) is 4.36. The molecule has 6 N–H and O–H groups in total. The highest BCUT2D eigenvalue weighted by atomic mass is 32.1. The normalized spacial score (nSPS) is 31.5. The van der Waals surface area contributed by atoms with Gasteiger partial charge in [-0.3, -0.25) is 9.59 Å². The van der Waals surface area contributed by atoms with Crippen LogP contribution in [-0.2, 0) is 0 Å². The number of ether oxygens (including phenoxy) is 2. The van der Waals surface area contributed by atoms with Crippen LogP contribution in [0.2, 0.25) is 0 Å². The summed E-state index contributed by atoms with van der Waals surface area (Å²) in [5.74, 6) is -2.19. The van der Waals surface area contributed by atoms with Gasteiger partial charge in [-0.15, -0.1) is 11.3 Å². The molecule has 10 nitrogen and oxygen atoms in total. The number of carbonyl (C=O) groups excluding carboxylic acids is 2. The quantitative estimate of drug-likeness (QED) is 0.361. The Bertz CT molecular complexity index is 1030. The Morgan fingerprint density at radius 2 is 2.00 bits per heavy atom. The number of rotatable bonds is 2. The first-order valence-electron chi connectivity index (χ1n) is 9.23. The van der Waals surface area contributed by atoms with Crippen molar-refractivity contribution in [3.8, 4) is 17.2 Å². The minimum atomic E-state index is -1.61. The van der Waals surface area contributed by atoms with Crippen LogP contribution in [0.4, 0.5) is 0 Å². The van der Waals surface area contributed by atoms with Crippen molar-refractivity contribution in [1.82, 2.24) is 10.6 Å². The number of aliphatic hydroxyl groups is 3. The maximum absolute atomic E-state index is 12.7. The fourth-order valence-electron chi connectivity index (χ4n) is 4.41. The number of aliphatic hydroxyl groups excluding tert-OH is 3. The minimum Gasteiger partial charge on any atom is -0.504 e. The Morgan fingerprint density at radius 3 is 2.73 bits per heavy atom. The predicted octanol–water partition coefficient (Wildman–Crippen LogP) is -0.727. The Balaban J connectivity index is 1.62. The summed E-state index contributed by atoms with van der Waals surface area (Å²) in [7, 11) is 0. The van der Waals surface area contributed by atoms with E-state index < -0.39 is 53.9 Å². The summed E-state index contributed by atoms with van der Waals surface area (Å²) in [5, 5.41) is 49.2. The van der Waals surface area contributed by atoms with Crippen molar-refractivity contribution in [3.63, 3.8) is 0 Å². The van der Waals surface area contributed by atoms with Gasteiger partial charge in [0.05, 0.1) is 22.5 Å². The van der Waals surface area contributed by atoms with Crippen molar-refractivity contribution < 1.29 is 39.5 Å². The van der Waals surface area contributed by atoms with E-state index in [0.717, 1.165) is 0 Å². The van der Waals surface area contributed by atoms with Crippen molar-refractivity contribution >= 4 is 23.2 Å². The predicted molar refractivity (Wildman–Crippen MR) is 102 cm³/mol. The molecule has 2 aromatic rings. The van der Waals surface area contributed by atoms with Gasteiger partial charge in [-0.05, 0) is 23.1 Å². The first-order valence-corrected chi connectivity index (χ1v) is 10.1. The molecular formula is C19H18N2O8S. The number of benzene rings is 1. The van der Waals surface area contributed by atoms with Gasteiger partial charge in [-0.25, -0.2) is 0 Å². The molecule has 0 spiro atoms. The van der Waals surface area contributed by atoms with E-state index in [1.165, 1.54) is 17.4 Å². The monoisotopic (exact) mass is 434 g/mol. The van der Waals surface area contributed by atoms with Crippen molar-refractivity contribution in [1.29, 1.82) is 0 Å². The maximum atomic E-state index is 12.7. The minimum absolute atomic E-state index is 0.0264. The average Bonchev–Trinajstić information content (AvgIpc) is 3.41. The lowest BCUT2D eigenvalue weighted by molar-refractivity contribution is -0.117. The molecular weight excluding hydrogens is 416 g/mol. The van der Waals surface area contributed by atoms with Crippen LogP contribution in [0.25, 0.3) is 0 Å². The highest BCUT2D eigenvalue weighted by Crippen LogP contribution is 2.50. The number of aromatic hydroxyl groups is 1. The number of nitrogens with one attached hydrogen (secondary N) is 2. The van der Waals surface area contributed by atoms with Gasteiger partial charge in [0.1, 0.15) is 18.3 Å². The summed E-state index contributed by atoms with van der Waals surface area (Å²) in [5.41, 5.74) is 0.179. The van der Waals surface area contributed by atoms with E-state index in [1.54, 1.807) is 17.5 Å². The number of thiophene rings is 1. The van der Waals surface area contributed by atoms with Gasteiger partial charge >= 0.3 is 0 Å². The van der Waals surface area contributed by atoms with Gasteiger partial charge in [0.25, 0.3) is 11.8 Å². The number of carbonyl (C=O) groups is 2. The summed E-state index contributed by atoms with van der Waals surface area (Å²) < 4.78 is 10.6. The summed E-state index contributed by atoms with van der Waals surface area (Å²) in [6, 6.07) is 2.72. The number of amides is 2. The zero-order valence-corrected chi connectivity index (χ0v) is 16.1. The fraction of sp³-hybridized carbons (Fsp3) is 0.368. The number of fused-ring (bicyclic) bond motifs is 4. The van der Waals surface area contributed by atoms with Gasteiger partial charge in [-0.2, -0.15) is 0 Å². The molecule has 3 heterocycles. The van der Waals surface area contributed by atoms with Crippen LogP contribution in [0.5, 0.6) is 17.2 Å². The zero-order valence-electron chi connectivity index (χ0n) is 15.3.